The molecular formula is C19H15Cl2N7O. The van der Waals surface area contributed by atoms with Gasteiger partial charge in [-0.2, -0.15) is 5.10 Å². The molecule has 0 aliphatic carbocycles. The number of aromatic nitrogens is 5. The minimum atomic E-state index is -0.239. The maximum absolute atomic E-state index is 13.4. The molecule has 1 aliphatic heterocycles. The van der Waals surface area contributed by atoms with Gasteiger partial charge >= 0.3 is 0 Å². The third-order valence-electron chi connectivity index (χ3n) is 5.06. The highest BCUT2D eigenvalue weighted by atomic mass is 35.5. The number of nitrogen functional groups attached to an aromatic ring is 1. The van der Waals surface area contributed by atoms with Crippen LogP contribution in [0.15, 0.2) is 53.7 Å². The van der Waals surface area contributed by atoms with E-state index in [-0.39, 0.29) is 22.4 Å². The molecule has 0 spiro atoms. The van der Waals surface area contributed by atoms with Crippen molar-refractivity contribution >= 4 is 40.4 Å². The van der Waals surface area contributed by atoms with E-state index in [2.05, 4.69) is 9.97 Å². The van der Waals surface area contributed by atoms with Gasteiger partial charge in [0.1, 0.15) is 22.7 Å². The topological polar surface area (TPSA) is 94.3 Å². The van der Waals surface area contributed by atoms with Gasteiger partial charge in [0.25, 0.3) is 5.56 Å². The zero-order valence-corrected chi connectivity index (χ0v) is 16.5. The number of nitrogens with two attached hydrogens (primary N) is 1. The van der Waals surface area contributed by atoms with Crippen LogP contribution in [0.4, 0.5) is 11.6 Å². The van der Waals surface area contributed by atoms with Crippen LogP contribution in [0.2, 0.25) is 10.0 Å². The molecule has 146 valence electrons. The second-order valence-electron chi connectivity index (χ2n) is 6.69. The number of para-hydroxylation sites is 1. The fourth-order valence-corrected chi connectivity index (χ4v) is 4.00. The Labute approximate surface area is 175 Å². The molecule has 1 aromatic carbocycles. The molecule has 4 aromatic rings. The number of benzene rings is 1. The zero-order chi connectivity index (χ0) is 20.1. The molecule has 0 saturated carbocycles. The highest BCUT2D eigenvalue weighted by Crippen LogP contribution is 2.40. The molecule has 3 aromatic heterocycles. The summed E-state index contributed by atoms with van der Waals surface area (Å²) in [4.78, 5) is 23.5. The van der Waals surface area contributed by atoms with Gasteiger partial charge in [-0.25, -0.2) is 14.5 Å². The van der Waals surface area contributed by atoms with Crippen LogP contribution in [-0.4, -0.2) is 30.7 Å². The first-order valence-electron chi connectivity index (χ1n) is 8.94. The molecule has 5 rings (SSSR count). The minimum Gasteiger partial charge on any atom is -0.382 e. The number of anilines is 2. The van der Waals surface area contributed by atoms with E-state index in [0.717, 1.165) is 6.42 Å². The summed E-state index contributed by atoms with van der Waals surface area (Å²) < 4.78 is 3.11. The van der Waals surface area contributed by atoms with Crippen LogP contribution < -0.4 is 16.2 Å². The Bertz CT molecular complexity index is 1290. The van der Waals surface area contributed by atoms with Gasteiger partial charge in [0.15, 0.2) is 11.6 Å². The number of halogens is 2. The van der Waals surface area contributed by atoms with Crippen molar-refractivity contribution in [2.75, 3.05) is 17.2 Å². The largest absolute Gasteiger partial charge is 0.382 e. The van der Waals surface area contributed by atoms with E-state index in [4.69, 9.17) is 34.0 Å². The standard InChI is InChI=1S/C19H15Cl2N7O/c20-12-6-9-27-15(12)19(29)28(11-4-2-1-3-5-11)17(25-27)13-7-8-26(13)18-14(21)16(22)23-10-24-18/h1-6,9-10,13H,7-8H2,(H2,22,23,24)/t13-/m0/s1. The van der Waals surface area contributed by atoms with Crippen LogP contribution in [-0.2, 0) is 0 Å². The third-order valence-corrected chi connectivity index (χ3v) is 5.73. The van der Waals surface area contributed by atoms with Gasteiger partial charge in [-0.15, -0.1) is 0 Å². The third kappa shape index (κ3) is 2.75. The summed E-state index contributed by atoms with van der Waals surface area (Å²) in [7, 11) is 0. The maximum atomic E-state index is 13.4. The second-order valence-corrected chi connectivity index (χ2v) is 7.47. The molecule has 1 aliphatic rings. The van der Waals surface area contributed by atoms with Gasteiger partial charge in [0.05, 0.1) is 16.8 Å². The molecule has 8 nitrogen and oxygen atoms in total. The molecule has 0 unspecified atom stereocenters. The van der Waals surface area contributed by atoms with E-state index >= 15 is 0 Å². The van der Waals surface area contributed by atoms with E-state index in [1.54, 1.807) is 16.8 Å². The van der Waals surface area contributed by atoms with Crippen LogP contribution in [0.5, 0.6) is 0 Å². The summed E-state index contributed by atoms with van der Waals surface area (Å²) in [5.41, 5.74) is 6.64. The van der Waals surface area contributed by atoms with Crippen LogP contribution in [0, 0.1) is 0 Å². The van der Waals surface area contributed by atoms with Crippen LogP contribution in [0.1, 0.15) is 18.3 Å². The summed E-state index contributed by atoms with van der Waals surface area (Å²) in [6, 6.07) is 10.8. The van der Waals surface area contributed by atoms with Crippen LogP contribution in [0.3, 0.4) is 0 Å². The van der Waals surface area contributed by atoms with Crippen molar-refractivity contribution in [2.24, 2.45) is 0 Å². The molecule has 1 saturated heterocycles. The Morgan fingerprint density at radius 2 is 1.90 bits per heavy atom. The number of hydrogen-bond acceptors (Lipinski definition) is 6. The van der Waals surface area contributed by atoms with Crippen molar-refractivity contribution in [3.05, 3.63) is 75.1 Å². The lowest BCUT2D eigenvalue weighted by atomic mass is 10.0. The lowest BCUT2D eigenvalue weighted by Crippen LogP contribution is -2.45. The molecule has 2 N–H and O–H groups in total. The van der Waals surface area contributed by atoms with Crippen molar-refractivity contribution < 1.29 is 0 Å². The molecule has 10 heteroatoms. The van der Waals surface area contributed by atoms with Crippen LogP contribution in [0.25, 0.3) is 11.2 Å². The first kappa shape index (κ1) is 18.0. The summed E-state index contributed by atoms with van der Waals surface area (Å²) in [6.45, 7) is 0.704. The lowest BCUT2D eigenvalue weighted by molar-refractivity contribution is 0.423. The molecule has 0 amide bonds. The van der Waals surface area contributed by atoms with E-state index in [0.29, 0.717) is 34.4 Å². The van der Waals surface area contributed by atoms with Gasteiger partial charge in [-0.3, -0.25) is 9.36 Å². The molecule has 0 bridgehead atoms. The Hall–Kier alpha value is -3.10. The monoisotopic (exact) mass is 427 g/mol. The molecule has 1 atom stereocenters. The number of fused-ring (bicyclic) bond motifs is 1. The van der Waals surface area contributed by atoms with Crippen LogP contribution >= 0.6 is 23.2 Å². The van der Waals surface area contributed by atoms with E-state index in [1.165, 1.54) is 10.8 Å². The fourth-order valence-electron chi connectivity index (χ4n) is 3.57. The summed E-state index contributed by atoms with van der Waals surface area (Å²) in [6.07, 6.45) is 3.83. The zero-order valence-electron chi connectivity index (χ0n) is 15.0. The van der Waals surface area contributed by atoms with Crippen molar-refractivity contribution in [3.8, 4) is 5.69 Å². The lowest BCUT2D eigenvalue weighted by Gasteiger charge is -2.42. The van der Waals surface area contributed by atoms with Crippen molar-refractivity contribution in [1.29, 1.82) is 0 Å². The second kappa shape index (κ2) is 6.75. The summed E-state index contributed by atoms with van der Waals surface area (Å²) in [5.74, 6) is 1.30. The number of rotatable bonds is 3. The fraction of sp³-hybridized carbons (Fsp3) is 0.158. The highest BCUT2D eigenvalue weighted by molar-refractivity contribution is 6.35. The Morgan fingerprint density at radius 1 is 1.10 bits per heavy atom. The van der Waals surface area contributed by atoms with Crippen molar-refractivity contribution in [2.45, 2.75) is 12.5 Å². The molecule has 29 heavy (non-hydrogen) atoms. The number of nitrogens with zero attached hydrogens (tertiary/aromatic N) is 6. The molecule has 1 fully saturated rings. The van der Waals surface area contributed by atoms with E-state index in [1.807, 2.05) is 35.2 Å². The Kier molecular flexibility index (Phi) is 4.18. The molecular weight excluding hydrogens is 413 g/mol. The highest BCUT2D eigenvalue weighted by Gasteiger charge is 2.37. The SMILES string of the molecule is Nc1ncnc(N2CC[C@H]2c2nn3ccc(Cl)c3c(=O)n2-c2ccccc2)c1Cl. The minimum absolute atomic E-state index is 0.208. The maximum Gasteiger partial charge on any atom is 0.284 e. The van der Waals surface area contributed by atoms with Gasteiger partial charge in [-0.05, 0) is 24.6 Å². The van der Waals surface area contributed by atoms with Crippen molar-refractivity contribution in [3.63, 3.8) is 0 Å². The predicted molar refractivity (Wildman–Crippen MR) is 112 cm³/mol. The predicted octanol–water partition coefficient (Wildman–Crippen LogP) is 3.12. The summed E-state index contributed by atoms with van der Waals surface area (Å²) >= 11 is 12.6. The average Bonchev–Trinajstić information content (AvgIpc) is 3.06. The quantitative estimate of drug-likeness (QED) is 0.539. The average molecular weight is 428 g/mol. The van der Waals surface area contributed by atoms with Gasteiger partial charge < -0.3 is 10.6 Å². The van der Waals surface area contributed by atoms with E-state index in [9.17, 15) is 4.79 Å². The van der Waals surface area contributed by atoms with Crippen molar-refractivity contribution in [1.82, 2.24) is 24.1 Å². The first-order valence-corrected chi connectivity index (χ1v) is 9.69. The van der Waals surface area contributed by atoms with Gasteiger partial charge in [0, 0.05) is 12.7 Å². The van der Waals surface area contributed by atoms with E-state index < -0.39 is 0 Å². The van der Waals surface area contributed by atoms with Gasteiger partial charge in [-0.1, -0.05) is 41.4 Å². The smallest absolute Gasteiger partial charge is 0.284 e. The molecule has 4 heterocycles. The first-order chi connectivity index (χ1) is 14.1. The Balaban J connectivity index is 1.72. The normalized spacial score (nSPS) is 16.2. The molecule has 0 radical (unpaired) electrons. The van der Waals surface area contributed by atoms with Gasteiger partial charge in [0.2, 0.25) is 0 Å². The summed E-state index contributed by atoms with van der Waals surface area (Å²) in [5, 5.41) is 5.36. The number of hydrogen-bond donors (Lipinski definition) is 1. The Morgan fingerprint density at radius 3 is 2.62 bits per heavy atom.